The molecule has 10 heteroatoms. The minimum Gasteiger partial charge on any atom is -0.483 e. The van der Waals surface area contributed by atoms with Crippen LogP contribution in [0.25, 0.3) is 11.1 Å². The maximum atomic E-state index is 13.2. The standard InChI is InChI=1S/C31H36N4O4.CH2O2/c1-34(2)15-14-32-31(38)27-13-12-26(21-28(27)33-30(37)22-35-16-18-39-19-17-35)29(36)20-23-8-10-25(11-9-23)24-6-4-3-5-7-24;2-1-3/h3-13,21H,14-20,22H2,1-2H3,(H,32,38)(H,33,37);1H,(H,2,3). The number of nitrogens with zero attached hydrogens (tertiary/aromatic N) is 2. The predicted octanol–water partition coefficient (Wildman–Crippen LogP) is 3.04. The number of carbonyl (C=O) groups is 4. The summed E-state index contributed by atoms with van der Waals surface area (Å²) in [5, 5.41) is 12.7. The van der Waals surface area contributed by atoms with E-state index in [0.29, 0.717) is 56.2 Å². The highest BCUT2D eigenvalue weighted by atomic mass is 16.5. The van der Waals surface area contributed by atoms with E-state index in [1.165, 1.54) is 0 Å². The third-order valence-electron chi connectivity index (χ3n) is 6.60. The number of ether oxygens (including phenoxy) is 1. The molecular formula is C32H38N4O6. The zero-order valence-corrected chi connectivity index (χ0v) is 24.0. The van der Waals surface area contributed by atoms with Gasteiger partial charge in [0.2, 0.25) is 5.91 Å². The zero-order chi connectivity index (χ0) is 30.3. The van der Waals surface area contributed by atoms with Crippen molar-refractivity contribution >= 4 is 29.8 Å². The summed E-state index contributed by atoms with van der Waals surface area (Å²) >= 11 is 0. The Morgan fingerprint density at radius 1 is 0.952 bits per heavy atom. The molecule has 0 radical (unpaired) electrons. The molecule has 0 unspecified atom stereocenters. The van der Waals surface area contributed by atoms with Gasteiger partial charge in [0.25, 0.3) is 12.4 Å². The number of morpholine rings is 1. The summed E-state index contributed by atoms with van der Waals surface area (Å²) in [7, 11) is 3.86. The van der Waals surface area contributed by atoms with Crippen LogP contribution in [-0.2, 0) is 20.7 Å². The van der Waals surface area contributed by atoms with Gasteiger partial charge in [0.15, 0.2) is 5.78 Å². The molecule has 1 aliphatic rings. The van der Waals surface area contributed by atoms with E-state index < -0.39 is 0 Å². The summed E-state index contributed by atoms with van der Waals surface area (Å²) in [5.74, 6) is -0.625. The highest BCUT2D eigenvalue weighted by Gasteiger charge is 2.19. The summed E-state index contributed by atoms with van der Waals surface area (Å²) in [4.78, 5) is 51.4. The van der Waals surface area contributed by atoms with E-state index in [1.54, 1.807) is 18.2 Å². The van der Waals surface area contributed by atoms with Crippen LogP contribution < -0.4 is 10.6 Å². The van der Waals surface area contributed by atoms with E-state index >= 15 is 0 Å². The topological polar surface area (TPSA) is 128 Å². The van der Waals surface area contributed by atoms with Crippen LogP contribution in [0.4, 0.5) is 5.69 Å². The Kier molecular flexibility index (Phi) is 12.8. The van der Waals surface area contributed by atoms with Crippen molar-refractivity contribution in [2.75, 3.05) is 65.3 Å². The second-order valence-electron chi connectivity index (χ2n) is 10.0. The minimum atomic E-state index is -0.297. The zero-order valence-electron chi connectivity index (χ0n) is 24.0. The van der Waals surface area contributed by atoms with Crippen molar-refractivity contribution < 1.29 is 29.0 Å². The number of Topliss-reactive ketones (excluding diaryl/α,β-unsaturated/α-hetero) is 1. The van der Waals surface area contributed by atoms with Crippen LogP contribution in [0.15, 0.2) is 72.8 Å². The summed E-state index contributed by atoms with van der Waals surface area (Å²) in [5.41, 5.74) is 4.19. The largest absolute Gasteiger partial charge is 0.483 e. The monoisotopic (exact) mass is 574 g/mol. The molecule has 42 heavy (non-hydrogen) atoms. The molecule has 10 nitrogen and oxygen atoms in total. The third kappa shape index (κ3) is 10.2. The maximum absolute atomic E-state index is 13.2. The number of nitrogens with one attached hydrogen (secondary N) is 2. The Morgan fingerprint density at radius 3 is 2.24 bits per heavy atom. The Balaban J connectivity index is 0.00000155. The van der Waals surface area contributed by atoms with Crippen molar-refractivity contribution in [2.45, 2.75) is 6.42 Å². The number of carbonyl (C=O) groups excluding carboxylic acids is 3. The van der Waals surface area contributed by atoms with Gasteiger partial charge in [0, 0.05) is 38.2 Å². The van der Waals surface area contributed by atoms with Gasteiger partial charge in [-0.3, -0.25) is 24.1 Å². The molecule has 3 N–H and O–H groups in total. The smallest absolute Gasteiger partial charge is 0.290 e. The SMILES string of the molecule is CN(C)CCNC(=O)c1ccc(C(=O)Cc2ccc(-c3ccccc3)cc2)cc1NC(=O)CN1CCOCC1.O=CO. The lowest BCUT2D eigenvalue weighted by Crippen LogP contribution is -2.41. The lowest BCUT2D eigenvalue weighted by molar-refractivity contribution is -0.123. The first-order valence-electron chi connectivity index (χ1n) is 13.7. The van der Waals surface area contributed by atoms with E-state index in [1.807, 2.05) is 78.5 Å². The molecule has 1 aliphatic heterocycles. The van der Waals surface area contributed by atoms with Gasteiger partial charge in [-0.2, -0.15) is 0 Å². The number of hydrogen-bond donors (Lipinski definition) is 3. The molecular weight excluding hydrogens is 536 g/mol. The fourth-order valence-electron chi connectivity index (χ4n) is 4.39. The molecule has 3 aromatic carbocycles. The fourth-order valence-corrected chi connectivity index (χ4v) is 4.39. The molecule has 0 spiro atoms. The number of amides is 2. The molecule has 0 atom stereocenters. The minimum absolute atomic E-state index is 0.0919. The Morgan fingerprint density at radius 2 is 1.60 bits per heavy atom. The number of benzene rings is 3. The van der Waals surface area contributed by atoms with Gasteiger partial charge in [-0.1, -0.05) is 60.7 Å². The second kappa shape index (κ2) is 16.8. The van der Waals surface area contributed by atoms with Crippen molar-refractivity contribution in [1.82, 2.24) is 15.1 Å². The Labute approximate surface area is 246 Å². The number of carboxylic acid groups (broad SMARTS) is 1. The van der Waals surface area contributed by atoms with Crippen LogP contribution >= 0.6 is 0 Å². The first-order chi connectivity index (χ1) is 20.3. The van der Waals surface area contributed by atoms with Gasteiger partial charge in [0.05, 0.1) is 31.0 Å². The van der Waals surface area contributed by atoms with Crippen LogP contribution in [0.1, 0.15) is 26.3 Å². The summed E-state index contributed by atoms with van der Waals surface area (Å²) in [6.45, 7) is 3.61. The molecule has 1 heterocycles. The van der Waals surface area contributed by atoms with Gasteiger partial charge in [0.1, 0.15) is 0 Å². The maximum Gasteiger partial charge on any atom is 0.290 e. The van der Waals surface area contributed by atoms with E-state index in [4.69, 9.17) is 14.6 Å². The molecule has 3 aromatic rings. The van der Waals surface area contributed by atoms with E-state index in [-0.39, 0.29) is 37.0 Å². The summed E-state index contributed by atoms with van der Waals surface area (Å²) in [6, 6.07) is 22.9. The fraction of sp³-hybridized carbons (Fsp3) is 0.312. The Hall–Kier alpha value is -4.38. The highest BCUT2D eigenvalue weighted by Crippen LogP contribution is 2.22. The molecule has 2 amide bonds. The van der Waals surface area contributed by atoms with Crippen LogP contribution in [0, 0.1) is 0 Å². The molecule has 0 aromatic heterocycles. The van der Waals surface area contributed by atoms with E-state index in [9.17, 15) is 14.4 Å². The van der Waals surface area contributed by atoms with Gasteiger partial charge in [-0.15, -0.1) is 0 Å². The molecule has 0 bridgehead atoms. The van der Waals surface area contributed by atoms with Crippen LogP contribution in [0.2, 0.25) is 0 Å². The first-order valence-corrected chi connectivity index (χ1v) is 13.7. The lowest BCUT2D eigenvalue weighted by Gasteiger charge is -2.26. The quantitative estimate of drug-likeness (QED) is 0.236. The highest BCUT2D eigenvalue weighted by molar-refractivity contribution is 6.07. The normalized spacial score (nSPS) is 13.0. The van der Waals surface area contributed by atoms with Crippen LogP contribution in [-0.4, -0.2) is 99.0 Å². The molecule has 1 fully saturated rings. The third-order valence-corrected chi connectivity index (χ3v) is 6.60. The lowest BCUT2D eigenvalue weighted by atomic mass is 9.98. The van der Waals surface area contributed by atoms with Crippen molar-refractivity contribution in [3.63, 3.8) is 0 Å². The van der Waals surface area contributed by atoms with Gasteiger partial charge < -0.3 is 25.4 Å². The van der Waals surface area contributed by atoms with Crippen molar-refractivity contribution in [3.8, 4) is 11.1 Å². The number of rotatable bonds is 11. The molecule has 4 rings (SSSR count). The van der Waals surface area contributed by atoms with Gasteiger partial charge >= 0.3 is 0 Å². The average molecular weight is 575 g/mol. The van der Waals surface area contributed by atoms with Gasteiger partial charge in [-0.05, 0) is 42.9 Å². The van der Waals surface area contributed by atoms with Crippen LogP contribution in [0.3, 0.4) is 0 Å². The molecule has 0 saturated carbocycles. The van der Waals surface area contributed by atoms with E-state index in [0.717, 1.165) is 16.7 Å². The Bertz CT molecular complexity index is 1320. The van der Waals surface area contributed by atoms with Crippen molar-refractivity contribution in [3.05, 3.63) is 89.5 Å². The predicted molar refractivity (Wildman–Crippen MR) is 162 cm³/mol. The number of likely N-dealkylation sites (N-methyl/N-ethyl adjacent to an activating group) is 1. The second-order valence-corrected chi connectivity index (χ2v) is 10.0. The number of anilines is 1. The average Bonchev–Trinajstić information content (AvgIpc) is 2.98. The molecule has 1 saturated heterocycles. The summed E-state index contributed by atoms with van der Waals surface area (Å²) < 4.78 is 5.36. The summed E-state index contributed by atoms with van der Waals surface area (Å²) in [6.07, 6.45) is 0.213. The number of ketones is 1. The first kappa shape index (κ1) is 32.1. The van der Waals surface area contributed by atoms with E-state index in [2.05, 4.69) is 10.6 Å². The van der Waals surface area contributed by atoms with Crippen LogP contribution in [0.5, 0.6) is 0 Å². The number of hydrogen-bond acceptors (Lipinski definition) is 7. The molecule has 222 valence electrons. The molecule has 0 aliphatic carbocycles. The van der Waals surface area contributed by atoms with Gasteiger partial charge in [-0.25, -0.2) is 0 Å². The van der Waals surface area contributed by atoms with Crippen molar-refractivity contribution in [2.24, 2.45) is 0 Å². The van der Waals surface area contributed by atoms with Crippen molar-refractivity contribution in [1.29, 1.82) is 0 Å².